The molecule has 0 N–H and O–H groups in total. The van der Waals surface area contributed by atoms with Gasteiger partial charge in [-0.3, -0.25) is 9.59 Å². The largest absolute Gasteiger partial charge is 0.342 e. The van der Waals surface area contributed by atoms with E-state index < -0.39 is 0 Å². The Labute approximate surface area is 200 Å². The van der Waals surface area contributed by atoms with Gasteiger partial charge in [-0.05, 0) is 54.7 Å². The van der Waals surface area contributed by atoms with Crippen molar-refractivity contribution < 1.29 is 14.0 Å². The van der Waals surface area contributed by atoms with E-state index in [1.54, 1.807) is 30.0 Å². The summed E-state index contributed by atoms with van der Waals surface area (Å²) in [5.41, 5.74) is 1.63. The summed E-state index contributed by atoms with van der Waals surface area (Å²) in [5, 5.41) is 0. The van der Waals surface area contributed by atoms with Crippen LogP contribution in [0.3, 0.4) is 0 Å². The lowest BCUT2D eigenvalue weighted by atomic mass is 9.84. The third kappa shape index (κ3) is 7.19. The molecule has 4 nitrogen and oxygen atoms in total. The number of thioether (sulfide) groups is 1. The normalized spacial score (nSPS) is 15.5. The van der Waals surface area contributed by atoms with Gasteiger partial charge in [-0.1, -0.05) is 48.5 Å². The highest BCUT2D eigenvalue weighted by atomic mass is 32.2. The Morgan fingerprint density at radius 2 is 1.79 bits per heavy atom. The zero-order valence-corrected chi connectivity index (χ0v) is 20.3. The van der Waals surface area contributed by atoms with E-state index in [2.05, 4.69) is 0 Å². The van der Waals surface area contributed by atoms with Crippen molar-refractivity contribution in [1.82, 2.24) is 9.80 Å². The molecule has 1 heterocycles. The molecule has 33 heavy (non-hydrogen) atoms. The first-order valence-corrected chi connectivity index (χ1v) is 12.9. The van der Waals surface area contributed by atoms with Crippen molar-refractivity contribution in [2.24, 2.45) is 5.92 Å². The van der Waals surface area contributed by atoms with Crippen molar-refractivity contribution in [3.8, 4) is 0 Å². The zero-order chi connectivity index (χ0) is 23.6. The van der Waals surface area contributed by atoms with Crippen LogP contribution in [-0.4, -0.2) is 59.8 Å². The van der Waals surface area contributed by atoms with Crippen molar-refractivity contribution in [2.75, 3.05) is 32.1 Å². The van der Waals surface area contributed by atoms with E-state index in [-0.39, 0.29) is 29.6 Å². The summed E-state index contributed by atoms with van der Waals surface area (Å²) < 4.78 is 14.4. The van der Waals surface area contributed by atoms with Crippen LogP contribution in [0.2, 0.25) is 0 Å². The van der Waals surface area contributed by atoms with E-state index in [9.17, 15) is 14.0 Å². The van der Waals surface area contributed by atoms with E-state index in [0.717, 1.165) is 24.2 Å². The van der Waals surface area contributed by atoms with Crippen LogP contribution in [-0.2, 0) is 16.0 Å². The van der Waals surface area contributed by atoms with Crippen molar-refractivity contribution >= 4 is 29.7 Å². The molecule has 0 bridgehead atoms. The average Bonchev–Trinajstić information content (AvgIpc) is 2.85. The van der Waals surface area contributed by atoms with E-state index >= 15 is 0 Å². The molecule has 0 spiro atoms. The van der Waals surface area contributed by atoms with Gasteiger partial charge in [0.05, 0.1) is 0 Å². The molecule has 2 aromatic carbocycles. The van der Waals surface area contributed by atoms with Crippen LogP contribution >= 0.6 is 11.8 Å². The molecular formula is C27H33FN2O2S. The summed E-state index contributed by atoms with van der Waals surface area (Å²) >= 11 is 1.65. The second-order valence-electron chi connectivity index (χ2n) is 8.52. The molecule has 1 saturated heterocycles. The molecule has 3 rings (SSSR count). The molecule has 6 heteroatoms. The van der Waals surface area contributed by atoms with Crippen LogP contribution in [0.25, 0.3) is 6.08 Å². The predicted octanol–water partition coefficient (Wildman–Crippen LogP) is 4.90. The van der Waals surface area contributed by atoms with Crippen LogP contribution in [0.1, 0.15) is 30.4 Å². The number of hydrogen-bond acceptors (Lipinski definition) is 3. The highest BCUT2D eigenvalue weighted by Crippen LogP contribution is 2.28. The third-order valence-electron chi connectivity index (χ3n) is 6.41. The number of rotatable bonds is 9. The topological polar surface area (TPSA) is 40.6 Å². The number of piperidine rings is 1. The van der Waals surface area contributed by atoms with Crippen molar-refractivity contribution in [3.05, 3.63) is 77.6 Å². The Hall–Kier alpha value is -2.60. The van der Waals surface area contributed by atoms with Gasteiger partial charge in [-0.25, -0.2) is 4.39 Å². The molecule has 2 aromatic rings. The second-order valence-corrected chi connectivity index (χ2v) is 9.50. The quantitative estimate of drug-likeness (QED) is 0.492. The molecule has 0 aromatic heterocycles. The van der Waals surface area contributed by atoms with E-state index in [1.165, 1.54) is 6.07 Å². The zero-order valence-electron chi connectivity index (χ0n) is 19.5. The summed E-state index contributed by atoms with van der Waals surface area (Å²) in [4.78, 5) is 29.2. The summed E-state index contributed by atoms with van der Waals surface area (Å²) in [5.74, 6) is 0.861. The second kappa shape index (κ2) is 12.6. The smallest absolute Gasteiger partial charge is 0.246 e. The van der Waals surface area contributed by atoms with Crippen LogP contribution in [0.4, 0.5) is 4.39 Å². The molecular weight excluding hydrogens is 435 g/mol. The number of benzene rings is 2. The minimum atomic E-state index is -0.230. The molecule has 0 saturated carbocycles. The Morgan fingerprint density at radius 1 is 1.12 bits per heavy atom. The number of likely N-dealkylation sites (N-methyl/N-ethyl adjacent to an activating group) is 1. The lowest BCUT2D eigenvalue weighted by molar-refractivity contribution is -0.134. The van der Waals surface area contributed by atoms with E-state index in [0.29, 0.717) is 31.5 Å². The molecule has 1 fully saturated rings. The lowest BCUT2D eigenvalue weighted by Gasteiger charge is -2.40. The Bertz CT molecular complexity index is 942. The number of carbonyl (C=O) groups excluding carboxylic acids is 2. The average molecular weight is 469 g/mol. The summed E-state index contributed by atoms with van der Waals surface area (Å²) in [7, 11) is 1.84. The standard InChI is InChI=1S/C27H33FN2O2S/c1-29(26(31)16-19-33-2)25(20-23-10-6-7-11-24(23)28)22-14-17-30(18-15-22)27(32)13-12-21-8-4-3-5-9-21/h3-13,22,25H,14-20H2,1-2H3/b13-12+/t25-/m0/s1. The summed E-state index contributed by atoms with van der Waals surface area (Å²) in [6.45, 7) is 1.28. The van der Waals surface area contributed by atoms with Gasteiger partial charge in [0.25, 0.3) is 0 Å². The van der Waals surface area contributed by atoms with Gasteiger partial charge in [-0.15, -0.1) is 0 Å². The summed E-state index contributed by atoms with van der Waals surface area (Å²) in [6.07, 6.45) is 8.02. The first kappa shape index (κ1) is 25.0. The number of nitrogens with zero attached hydrogens (tertiary/aromatic N) is 2. The van der Waals surface area contributed by atoms with Gasteiger partial charge in [0.2, 0.25) is 11.8 Å². The highest BCUT2D eigenvalue weighted by Gasteiger charge is 2.32. The van der Waals surface area contributed by atoms with Crippen molar-refractivity contribution in [3.63, 3.8) is 0 Å². The fraction of sp³-hybridized carbons (Fsp3) is 0.407. The number of likely N-dealkylation sites (tertiary alicyclic amines) is 1. The number of hydrogen-bond donors (Lipinski definition) is 0. The Balaban J connectivity index is 1.66. The molecule has 0 aliphatic carbocycles. The van der Waals surface area contributed by atoms with Crippen LogP contribution in [0.15, 0.2) is 60.7 Å². The highest BCUT2D eigenvalue weighted by molar-refractivity contribution is 7.98. The fourth-order valence-corrected chi connectivity index (χ4v) is 4.78. The maximum atomic E-state index is 14.4. The first-order valence-electron chi connectivity index (χ1n) is 11.5. The van der Waals surface area contributed by atoms with Gasteiger partial charge in [-0.2, -0.15) is 11.8 Å². The maximum Gasteiger partial charge on any atom is 0.246 e. The summed E-state index contributed by atoms with van der Waals surface area (Å²) in [6, 6.07) is 16.5. The maximum absolute atomic E-state index is 14.4. The van der Waals surface area contributed by atoms with Gasteiger partial charge in [0.15, 0.2) is 0 Å². The molecule has 176 valence electrons. The van der Waals surface area contributed by atoms with Gasteiger partial charge >= 0.3 is 0 Å². The minimum absolute atomic E-state index is 0.00681. The van der Waals surface area contributed by atoms with Crippen LogP contribution < -0.4 is 0 Å². The number of halogens is 1. The predicted molar refractivity (Wildman–Crippen MR) is 134 cm³/mol. The molecule has 0 radical (unpaired) electrons. The molecule has 2 amide bonds. The van der Waals surface area contributed by atoms with Crippen LogP contribution in [0, 0.1) is 11.7 Å². The fourth-order valence-electron chi connectivity index (χ4n) is 4.40. The monoisotopic (exact) mass is 468 g/mol. The van der Waals surface area contributed by atoms with Crippen molar-refractivity contribution in [1.29, 1.82) is 0 Å². The third-order valence-corrected chi connectivity index (χ3v) is 7.02. The number of carbonyl (C=O) groups is 2. The van der Waals surface area contributed by atoms with Crippen LogP contribution in [0.5, 0.6) is 0 Å². The molecule has 1 atom stereocenters. The van der Waals surface area contributed by atoms with Crippen molar-refractivity contribution in [2.45, 2.75) is 31.7 Å². The molecule has 1 aliphatic heterocycles. The molecule has 1 aliphatic rings. The minimum Gasteiger partial charge on any atom is -0.342 e. The van der Waals surface area contributed by atoms with E-state index in [4.69, 9.17) is 0 Å². The Morgan fingerprint density at radius 3 is 2.45 bits per heavy atom. The van der Waals surface area contributed by atoms with E-state index in [1.807, 2.05) is 65.6 Å². The van der Waals surface area contributed by atoms with Gasteiger partial charge in [0.1, 0.15) is 5.82 Å². The molecule has 0 unspecified atom stereocenters. The van der Waals surface area contributed by atoms with Gasteiger partial charge in [0, 0.05) is 44.4 Å². The number of amides is 2. The first-order chi connectivity index (χ1) is 16.0. The lowest BCUT2D eigenvalue weighted by Crippen LogP contribution is -2.48. The van der Waals surface area contributed by atoms with Gasteiger partial charge < -0.3 is 9.80 Å². The Kier molecular flexibility index (Phi) is 9.55. The SMILES string of the molecule is CSCCC(=O)N(C)[C@@H](Cc1ccccc1F)C1CCN(C(=O)/C=C/c2ccccc2)CC1.